The highest BCUT2D eigenvalue weighted by Gasteiger charge is 2.22. The van der Waals surface area contributed by atoms with Crippen LogP contribution in [0.3, 0.4) is 0 Å². The number of hydrogen-bond donors (Lipinski definition) is 0. The minimum absolute atomic E-state index is 0.430. The summed E-state index contributed by atoms with van der Waals surface area (Å²) in [7, 11) is 0. The Morgan fingerprint density at radius 2 is 0.929 bits per heavy atom. The van der Waals surface area contributed by atoms with E-state index < -0.39 is 0 Å². The summed E-state index contributed by atoms with van der Waals surface area (Å²) in [5, 5.41) is 0. The van der Waals surface area contributed by atoms with Gasteiger partial charge in [0.15, 0.2) is 0 Å². The van der Waals surface area contributed by atoms with Crippen LogP contribution in [-0.4, -0.2) is 25.4 Å². The summed E-state index contributed by atoms with van der Waals surface area (Å²) in [4.78, 5) is 0. The Hall–Kier alpha value is -2.86. The van der Waals surface area contributed by atoms with Crippen molar-refractivity contribution in [2.75, 3.05) is 13.2 Å². The molecule has 0 aliphatic carbocycles. The van der Waals surface area contributed by atoms with E-state index in [0.717, 1.165) is 37.2 Å². The molecule has 0 aromatic heterocycles. The van der Waals surface area contributed by atoms with Crippen LogP contribution in [0.5, 0.6) is 0 Å². The topological polar surface area (TPSA) is 25.1 Å². The van der Waals surface area contributed by atoms with Gasteiger partial charge >= 0.3 is 0 Å². The van der Waals surface area contributed by atoms with Gasteiger partial charge in [0, 0.05) is 24.0 Å². The third kappa shape index (κ3) is 4.51. The number of hydrogen-bond acceptors (Lipinski definition) is 2. The second-order valence-electron chi connectivity index (χ2n) is 7.54. The lowest BCUT2D eigenvalue weighted by Crippen LogP contribution is -1.92. The van der Waals surface area contributed by atoms with Gasteiger partial charge in [0.25, 0.3) is 0 Å². The van der Waals surface area contributed by atoms with Crippen LogP contribution < -0.4 is 0 Å². The van der Waals surface area contributed by atoms with Gasteiger partial charge in [-0.25, -0.2) is 0 Å². The third-order valence-electron chi connectivity index (χ3n) is 5.21. The van der Waals surface area contributed by atoms with Gasteiger partial charge in [0.05, 0.1) is 25.4 Å². The van der Waals surface area contributed by atoms with Crippen LogP contribution in [0.25, 0.3) is 11.1 Å². The second-order valence-corrected chi connectivity index (χ2v) is 7.54. The van der Waals surface area contributed by atoms with Gasteiger partial charge in [0.2, 0.25) is 0 Å². The van der Waals surface area contributed by atoms with Crippen molar-refractivity contribution in [2.24, 2.45) is 0 Å². The maximum atomic E-state index is 5.30. The van der Waals surface area contributed by atoms with E-state index >= 15 is 0 Å². The molecule has 2 nitrogen and oxygen atoms in total. The van der Waals surface area contributed by atoms with Crippen LogP contribution >= 0.6 is 0 Å². The lowest BCUT2D eigenvalue weighted by atomic mass is 10.0. The summed E-state index contributed by atoms with van der Waals surface area (Å²) < 4.78 is 10.6. The van der Waals surface area contributed by atoms with Crippen molar-refractivity contribution in [3.63, 3.8) is 0 Å². The van der Waals surface area contributed by atoms with E-state index in [9.17, 15) is 0 Å². The zero-order valence-corrected chi connectivity index (χ0v) is 15.7. The van der Waals surface area contributed by atoms with Crippen LogP contribution in [0, 0.1) is 11.8 Å². The molecule has 2 unspecified atom stereocenters. The van der Waals surface area contributed by atoms with E-state index in [1.807, 2.05) is 0 Å². The van der Waals surface area contributed by atoms with Crippen LogP contribution in [0.2, 0.25) is 0 Å². The fraction of sp³-hybridized carbons (Fsp3) is 0.231. The molecule has 0 spiro atoms. The Morgan fingerprint density at radius 3 is 1.36 bits per heavy atom. The minimum atomic E-state index is 0.430. The summed E-state index contributed by atoms with van der Waals surface area (Å²) in [6.07, 6.45) is 2.89. The molecule has 2 fully saturated rings. The van der Waals surface area contributed by atoms with Crippen molar-refractivity contribution >= 4 is 0 Å². The van der Waals surface area contributed by atoms with Crippen molar-refractivity contribution in [3.05, 3.63) is 95.1 Å². The quantitative estimate of drug-likeness (QED) is 0.486. The van der Waals surface area contributed by atoms with E-state index in [1.165, 1.54) is 22.3 Å². The Balaban J connectivity index is 1.24. The predicted molar refractivity (Wildman–Crippen MR) is 111 cm³/mol. The van der Waals surface area contributed by atoms with Crippen molar-refractivity contribution < 1.29 is 9.47 Å². The first kappa shape index (κ1) is 17.3. The van der Waals surface area contributed by atoms with Gasteiger partial charge in [0.1, 0.15) is 0 Å². The van der Waals surface area contributed by atoms with Gasteiger partial charge in [-0.15, -0.1) is 0 Å². The Labute approximate surface area is 166 Å². The molecule has 0 saturated carbocycles. The standard InChI is InChI=1S/C26H22O2/c1(19-3-5-21(6-4-19)15-25-17-27-25)2-20-7-11-23(12-8-20)24-13-9-22(10-14-24)16-26-18-28-26/h3-14,25-26H,15-18H2. The summed E-state index contributed by atoms with van der Waals surface area (Å²) >= 11 is 0. The first-order valence-corrected chi connectivity index (χ1v) is 9.85. The molecule has 2 aliphatic rings. The molecule has 0 radical (unpaired) electrons. The number of ether oxygens (including phenoxy) is 2. The minimum Gasteiger partial charge on any atom is -0.373 e. The first-order valence-electron chi connectivity index (χ1n) is 9.85. The number of benzene rings is 3. The van der Waals surface area contributed by atoms with Crippen molar-refractivity contribution in [1.82, 2.24) is 0 Å². The summed E-state index contributed by atoms with van der Waals surface area (Å²) in [6.45, 7) is 1.81. The van der Waals surface area contributed by atoms with E-state index in [-0.39, 0.29) is 0 Å². The van der Waals surface area contributed by atoms with E-state index in [2.05, 4.69) is 84.6 Å². The van der Waals surface area contributed by atoms with Gasteiger partial charge in [-0.1, -0.05) is 60.4 Å². The molecule has 3 aromatic rings. The van der Waals surface area contributed by atoms with E-state index in [4.69, 9.17) is 9.47 Å². The van der Waals surface area contributed by atoms with Gasteiger partial charge in [-0.3, -0.25) is 0 Å². The predicted octanol–water partition coefficient (Wildman–Crippen LogP) is 4.64. The van der Waals surface area contributed by atoms with Crippen LogP contribution in [0.4, 0.5) is 0 Å². The highest BCUT2D eigenvalue weighted by atomic mass is 16.6. The monoisotopic (exact) mass is 366 g/mol. The second kappa shape index (κ2) is 7.64. The molecule has 0 amide bonds. The molecule has 5 rings (SSSR count). The first-order chi connectivity index (χ1) is 13.8. The number of rotatable bonds is 5. The molecule has 28 heavy (non-hydrogen) atoms. The fourth-order valence-corrected chi connectivity index (χ4v) is 3.35. The molecule has 0 bridgehead atoms. The zero-order chi connectivity index (χ0) is 18.8. The normalized spacial score (nSPS) is 19.6. The van der Waals surface area contributed by atoms with Crippen LogP contribution in [-0.2, 0) is 22.3 Å². The molecule has 2 heteroatoms. The molecule has 138 valence electrons. The Bertz CT molecular complexity index is 997. The van der Waals surface area contributed by atoms with Gasteiger partial charge in [-0.2, -0.15) is 0 Å². The van der Waals surface area contributed by atoms with Crippen molar-refractivity contribution in [1.29, 1.82) is 0 Å². The van der Waals surface area contributed by atoms with E-state index in [1.54, 1.807) is 0 Å². The van der Waals surface area contributed by atoms with E-state index in [0.29, 0.717) is 12.2 Å². The zero-order valence-electron chi connectivity index (χ0n) is 15.7. The lowest BCUT2D eigenvalue weighted by molar-refractivity contribution is 0.407. The molecule has 2 aliphatic heterocycles. The smallest absolute Gasteiger partial charge is 0.0850 e. The molecule has 2 atom stereocenters. The van der Waals surface area contributed by atoms with Gasteiger partial charge < -0.3 is 9.47 Å². The number of epoxide rings is 2. The molecule has 2 saturated heterocycles. The largest absolute Gasteiger partial charge is 0.373 e. The van der Waals surface area contributed by atoms with Crippen molar-refractivity contribution in [2.45, 2.75) is 25.0 Å². The summed E-state index contributed by atoms with van der Waals surface area (Å²) in [5.74, 6) is 6.52. The highest BCUT2D eigenvalue weighted by Crippen LogP contribution is 2.22. The SMILES string of the molecule is C(#Cc1ccc(-c2ccc(CC3CO3)cc2)cc1)c1ccc(CC2CO2)cc1. The highest BCUT2D eigenvalue weighted by molar-refractivity contribution is 5.64. The Kier molecular flexibility index (Phi) is 4.71. The Morgan fingerprint density at radius 1 is 0.571 bits per heavy atom. The van der Waals surface area contributed by atoms with Crippen LogP contribution in [0.1, 0.15) is 22.3 Å². The van der Waals surface area contributed by atoms with Gasteiger partial charge in [-0.05, 0) is 46.5 Å². The average Bonchev–Trinajstić information content (AvgIpc) is 3.66. The van der Waals surface area contributed by atoms with Crippen molar-refractivity contribution in [3.8, 4) is 23.0 Å². The lowest BCUT2D eigenvalue weighted by Gasteiger charge is -2.04. The fourth-order valence-electron chi connectivity index (χ4n) is 3.35. The molecule has 2 heterocycles. The molecular formula is C26H22O2. The molecule has 0 N–H and O–H groups in total. The van der Waals surface area contributed by atoms with Crippen LogP contribution in [0.15, 0.2) is 72.8 Å². The average molecular weight is 366 g/mol. The molecular weight excluding hydrogens is 344 g/mol. The summed E-state index contributed by atoms with van der Waals surface area (Å²) in [6, 6.07) is 25.7. The maximum Gasteiger partial charge on any atom is 0.0850 e. The maximum absolute atomic E-state index is 5.30. The third-order valence-corrected chi connectivity index (χ3v) is 5.21. The summed E-state index contributed by atoms with van der Waals surface area (Å²) in [5.41, 5.74) is 7.17. The molecule has 3 aromatic carbocycles.